The van der Waals surface area contributed by atoms with E-state index in [9.17, 15) is 9.18 Å². The smallest absolute Gasteiger partial charge is 0.162 e. The number of carbonyl (C=O) groups is 1. The van der Waals surface area contributed by atoms with Gasteiger partial charge in [0.25, 0.3) is 0 Å². The van der Waals surface area contributed by atoms with Crippen molar-refractivity contribution in [2.45, 2.75) is 57.4 Å². The second kappa shape index (κ2) is 9.09. The fraction of sp³-hybridized carbons (Fsp3) is 0.435. The van der Waals surface area contributed by atoms with Gasteiger partial charge >= 0.3 is 0 Å². The first kappa shape index (κ1) is 18.8. The lowest BCUT2D eigenvalue weighted by molar-refractivity contribution is 0.0979. The van der Waals surface area contributed by atoms with Gasteiger partial charge in [0.1, 0.15) is 5.82 Å². The summed E-state index contributed by atoms with van der Waals surface area (Å²) < 4.78 is 12.9. The third-order valence-corrected chi connectivity index (χ3v) is 5.42. The van der Waals surface area contributed by atoms with Crippen molar-refractivity contribution in [2.24, 2.45) is 0 Å². The van der Waals surface area contributed by atoms with Crippen molar-refractivity contribution in [3.8, 4) is 0 Å². The molecule has 0 unspecified atom stereocenters. The fourth-order valence-electron chi connectivity index (χ4n) is 3.89. The van der Waals surface area contributed by atoms with Gasteiger partial charge < -0.3 is 5.32 Å². The summed E-state index contributed by atoms with van der Waals surface area (Å²) in [6.07, 6.45) is 6.20. The molecule has 3 rings (SSSR count). The first-order chi connectivity index (χ1) is 12.6. The molecule has 0 radical (unpaired) electrons. The van der Waals surface area contributed by atoms with Crippen LogP contribution in [0.25, 0.3) is 0 Å². The van der Waals surface area contributed by atoms with Crippen LogP contribution in [0.5, 0.6) is 0 Å². The lowest BCUT2D eigenvalue weighted by Gasteiger charge is -2.29. The third kappa shape index (κ3) is 5.25. The maximum Gasteiger partial charge on any atom is 0.162 e. The Kier molecular flexibility index (Phi) is 6.56. The van der Waals surface area contributed by atoms with Gasteiger partial charge in [-0.1, -0.05) is 29.8 Å². The Bertz CT molecular complexity index is 717. The number of halogens is 1. The Morgan fingerprint density at radius 3 is 2.50 bits per heavy atom. The minimum absolute atomic E-state index is 0.0926. The molecule has 1 N–H and O–H groups in total. The molecule has 138 valence electrons. The molecule has 0 heterocycles. The number of nitrogens with one attached hydrogen (secondary N) is 1. The van der Waals surface area contributed by atoms with Crippen molar-refractivity contribution in [3.05, 3.63) is 71.0 Å². The summed E-state index contributed by atoms with van der Waals surface area (Å²) >= 11 is 0. The van der Waals surface area contributed by atoms with Crippen molar-refractivity contribution < 1.29 is 9.18 Å². The zero-order valence-corrected chi connectivity index (χ0v) is 15.5. The molecule has 26 heavy (non-hydrogen) atoms. The number of hydrogen-bond acceptors (Lipinski definition) is 2. The summed E-state index contributed by atoms with van der Waals surface area (Å²) in [6, 6.07) is 15.3. The zero-order valence-electron chi connectivity index (χ0n) is 15.5. The molecule has 0 aliphatic heterocycles. The average molecular weight is 353 g/mol. The highest BCUT2D eigenvalue weighted by Crippen LogP contribution is 2.33. The van der Waals surface area contributed by atoms with E-state index in [1.54, 1.807) is 12.1 Å². The van der Waals surface area contributed by atoms with E-state index in [2.05, 4.69) is 36.5 Å². The van der Waals surface area contributed by atoms with Crippen LogP contribution in [0.2, 0.25) is 0 Å². The van der Waals surface area contributed by atoms with E-state index in [0.29, 0.717) is 23.9 Å². The summed E-state index contributed by atoms with van der Waals surface area (Å²) in [6.45, 7) is 3.02. The summed E-state index contributed by atoms with van der Waals surface area (Å²) in [5, 5.41) is 3.61. The molecule has 1 saturated carbocycles. The van der Waals surface area contributed by atoms with Gasteiger partial charge in [0.15, 0.2) is 5.78 Å². The Hall–Kier alpha value is -2.00. The highest BCUT2D eigenvalue weighted by Gasteiger charge is 2.21. The summed E-state index contributed by atoms with van der Waals surface area (Å²) in [5.41, 5.74) is 3.42. The highest BCUT2D eigenvalue weighted by molar-refractivity contribution is 5.95. The Morgan fingerprint density at radius 2 is 1.81 bits per heavy atom. The molecule has 2 aromatic carbocycles. The van der Waals surface area contributed by atoms with Gasteiger partial charge in [0.05, 0.1) is 0 Å². The van der Waals surface area contributed by atoms with Crippen molar-refractivity contribution in [1.29, 1.82) is 0 Å². The van der Waals surface area contributed by atoms with Crippen LogP contribution in [0, 0.1) is 12.7 Å². The second-order valence-corrected chi connectivity index (χ2v) is 7.45. The second-order valence-electron chi connectivity index (χ2n) is 7.45. The molecule has 0 saturated heterocycles. The van der Waals surface area contributed by atoms with Crippen molar-refractivity contribution in [2.75, 3.05) is 6.54 Å². The molecule has 1 aliphatic rings. The quantitative estimate of drug-likeness (QED) is 0.532. The van der Waals surface area contributed by atoms with Crippen LogP contribution < -0.4 is 5.32 Å². The van der Waals surface area contributed by atoms with Gasteiger partial charge in [-0.3, -0.25) is 4.79 Å². The minimum atomic E-state index is -0.301. The van der Waals surface area contributed by atoms with E-state index in [0.717, 1.165) is 13.0 Å². The number of hydrogen-bond donors (Lipinski definition) is 1. The van der Waals surface area contributed by atoms with Gasteiger partial charge in [0, 0.05) is 18.0 Å². The van der Waals surface area contributed by atoms with E-state index >= 15 is 0 Å². The summed E-state index contributed by atoms with van der Waals surface area (Å²) in [7, 11) is 0. The maximum absolute atomic E-state index is 12.9. The molecular formula is C23H28FNO. The SMILES string of the molecule is Cc1cccc(C2CCC(NCCCC(=O)c3ccc(F)cc3)CC2)c1. The predicted octanol–water partition coefficient (Wildman–Crippen LogP) is 5.41. The monoisotopic (exact) mass is 353 g/mol. The fourth-order valence-corrected chi connectivity index (χ4v) is 3.89. The Balaban J connectivity index is 1.35. The summed E-state index contributed by atoms with van der Waals surface area (Å²) in [4.78, 5) is 12.1. The van der Waals surface area contributed by atoms with E-state index in [-0.39, 0.29) is 11.6 Å². The van der Waals surface area contributed by atoms with Crippen LogP contribution in [0.3, 0.4) is 0 Å². The Labute approximate surface area is 155 Å². The summed E-state index contributed by atoms with van der Waals surface area (Å²) in [5.74, 6) is 0.479. The molecule has 0 spiro atoms. The lowest BCUT2D eigenvalue weighted by atomic mass is 9.81. The number of benzene rings is 2. The highest BCUT2D eigenvalue weighted by atomic mass is 19.1. The van der Waals surface area contributed by atoms with E-state index < -0.39 is 0 Å². The first-order valence-electron chi connectivity index (χ1n) is 9.70. The predicted molar refractivity (Wildman–Crippen MR) is 104 cm³/mol. The topological polar surface area (TPSA) is 29.1 Å². The van der Waals surface area contributed by atoms with Gasteiger partial charge in [0.2, 0.25) is 0 Å². The molecule has 0 amide bonds. The Morgan fingerprint density at radius 1 is 1.08 bits per heavy atom. The van der Waals surface area contributed by atoms with Crippen molar-refractivity contribution in [3.63, 3.8) is 0 Å². The van der Waals surface area contributed by atoms with Crippen LogP contribution in [-0.4, -0.2) is 18.4 Å². The average Bonchev–Trinajstić information content (AvgIpc) is 2.66. The number of aryl methyl sites for hydroxylation is 1. The van der Waals surface area contributed by atoms with E-state index in [1.165, 1.54) is 48.9 Å². The van der Waals surface area contributed by atoms with Gasteiger partial charge in [-0.05, 0) is 81.3 Å². The van der Waals surface area contributed by atoms with Crippen LogP contribution >= 0.6 is 0 Å². The van der Waals surface area contributed by atoms with Crippen LogP contribution in [0.1, 0.15) is 65.9 Å². The third-order valence-electron chi connectivity index (χ3n) is 5.42. The van der Waals surface area contributed by atoms with Crippen LogP contribution in [0.15, 0.2) is 48.5 Å². The molecule has 2 aromatic rings. The molecule has 0 atom stereocenters. The number of ketones is 1. The number of rotatable bonds is 7. The molecule has 3 heteroatoms. The molecule has 2 nitrogen and oxygen atoms in total. The molecule has 1 aliphatic carbocycles. The normalized spacial score (nSPS) is 20.1. The first-order valence-corrected chi connectivity index (χ1v) is 9.70. The van der Waals surface area contributed by atoms with Gasteiger partial charge in [-0.25, -0.2) is 4.39 Å². The molecule has 0 bridgehead atoms. The van der Waals surface area contributed by atoms with E-state index in [1.807, 2.05) is 0 Å². The molecule has 1 fully saturated rings. The zero-order chi connectivity index (χ0) is 18.4. The van der Waals surface area contributed by atoms with Gasteiger partial charge in [-0.15, -0.1) is 0 Å². The number of Topliss-reactive ketones (excluding diaryl/α,β-unsaturated/α-hetero) is 1. The number of carbonyl (C=O) groups excluding carboxylic acids is 1. The van der Waals surface area contributed by atoms with Crippen molar-refractivity contribution >= 4 is 5.78 Å². The van der Waals surface area contributed by atoms with Gasteiger partial charge in [-0.2, -0.15) is 0 Å². The van der Waals surface area contributed by atoms with Crippen LogP contribution in [-0.2, 0) is 0 Å². The van der Waals surface area contributed by atoms with E-state index in [4.69, 9.17) is 0 Å². The molecular weight excluding hydrogens is 325 g/mol. The largest absolute Gasteiger partial charge is 0.314 e. The molecule has 0 aromatic heterocycles. The minimum Gasteiger partial charge on any atom is -0.314 e. The maximum atomic E-state index is 12.9. The lowest BCUT2D eigenvalue weighted by Crippen LogP contribution is -2.33. The van der Waals surface area contributed by atoms with Crippen LogP contribution in [0.4, 0.5) is 4.39 Å². The standard InChI is InChI=1S/C23H28FNO/c1-17-4-2-5-20(16-17)18-9-13-22(14-10-18)25-15-3-6-23(26)19-7-11-21(24)12-8-19/h2,4-5,7-8,11-12,16,18,22,25H,3,6,9-10,13-15H2,1H3. The van der Waals surface area contributed by atoms with Crippen molar-refractivity contribution in [1.82, 2.24) is 5.32 Å².